The van der Waals surface area contributed by atoms with Crippen molar-refractivity contribution in [2.24, 2.45) is 0 Å². The number of nitrogens with one attached hydrogen (secondary N) is 1. The van der Waals surface area contributed by atoms with Crippen LogP contribution in [0.4, 0.5) is 11.4 Å². The number of hydrogen-bond donors (Lipinski definition) is 1. The zero-order valence-corrected chi connectivity index (χ0v) is 11.9. The molecule has 1 N–H and O–H groups in total. The van der Waals surface area contributed by atoms with Crippen molar-refractivity contribution in [1.82, 2.24) is 9.97 Å². The number of carbonyl (C=O) groups excluding carboxylic acids is 1. The van der Waals surface area contributed by atoms with Crippen molar-refractivity contribution in [1.29, 1.82) is 0 Å². The predicted octanol–water partition coefficient (Wildman–Crippen LogP) is 2.82. The molecule has 0 spiro atoms. The Morgan fingerprint density at radius 2 is 2.00 bits per heavy atom. The van der Waals surface area contributed by atoms with E-state index in [1.807, 2.05) is 0 Å². The molecule has 1 amide bonds. The molecule has 22 heavy (non-hydrogen) atoms. The predicted molar refractivity (Wildman–Crippen MR) is 79.8 cm³/mol. The summed E-state index contributed by atoms with van der Waals surface area (Å²) in [5, 5.41) is 13.7. The quantitative estimate of drug-likeness (QED) is 0.691. The van der Waals surface area contributed by atoms with E-state index in [9.17, 15) is 14.9 Å². The number of nitro benzene ring substituents is 1. The zero-order chi connectivity index (χ0) is 15.7. The van der Waals surface area contributed by atoms with Gasteiger partial charge in [0.15, 0.2) is 0 Å². The van der Waals surface area contributed by atoms with Gasteiger partial charge in [-0.05, 0) is 25.3 Å². The molecule has 0 atom stereocenters. The van der Waals surface area contributed by atoms with Gasteiger partial charge < -0.3 is 5.32 Å². The minimum Gasteiger partial charge on any atom is -0.319 e. The van der Waals surface area contributed by atoms with Crippen LogP contribution < -0.4 is 5.32 Å². The normalized spacial score (nSPS) is 13.7. The highest BCUT2D eigenvalue weighted by Gasteiger charge is 2.26. The molecule has 0 saturated heterocycles. The van der Waals surface area contributed by atoms with Crippen molar-refractivity contribution in [3.05, 3.63) is 57.7 Å². The van der Waals surface area contributed by atoms with Crippen LogP contribution in [-0.4, -0.2) is 20.8 Å². The molecule has 2 aromatic rings. The summed E-state index contributed by atoms with van der Waals surface area (Å²) in [5.74, 6) is 0.676. The summed E-state index contributed by atoms with van der Waals surface area (Å²) in [6.45, 7) is 1.66. The molecule has 112 valence electrons. The first kappa shape index (κ1) is 14.1. The molecular formula is C15H14N4O3. The Bertz CT molecular complexity index is 739. The highest BCUT2D eigenvalue weighted by Crippen LogP contribution is 2.37. The second-order valence-corrected chi connectivity index (χ2v) is 5.28. The number of nitrogens with zero attached hydrogens (tertiary/aromatic N) is 3. The molecule has 1 aromatic carbocycles. The largest absolute Gasteiger partial charge is 0.319 e. The van der Waals surface area contributed by atoms with Gasteiger partial charge >= 0.3 is 0 Å². The minimum atomic E-state index is -0.561. The number of aryl methyl sites for hydroxylation is 1. The average molecular weight is 298 g/mol. The second-order valence-electron chi connectivity index (χ2n) is 5.28. The van der Waals surface area contributed by atoms with Gasteiger partial charge in [0.2, 0.25) is 0 Å². The van der Waals surface area contributed by atoms with Crippen LogP contribution in [0.15, 0.2) is 30.6 Å². The molecule has 0 aliphatic heterocycles. The summed E-state index contributed by atoms with van der Waals surface area (Å²) in [6.07, 6.45) is 5.26. The summed E-state index contributed by atoms with van der Waals surface area (Å²) in [5.41, 5.74) is 0.806. The number of rotatable bonds is 4. The molecule has 1 aliphatic carbocycles. The lowest BCUT2D eigenvalue weighted by Crippen LogP contribution is -2.16. The Morgan fingerprint density at radius 1 is 1.32 bits per heavy atom. The fraction of sp³-hybridized carbons (Fsp3) is 0.267. The monoisotopic (exact) mass is 298 g/mol. The highest BCUT2D eigenvalue weighted by atomic mass is 16.6. The third kappa shape index (κ3) is 2.78. The molecule has 1 saturated carbocycles. The lowest BCUT2D eigenvalue weighted by atomic mass is 10.1. The van der Waals surface area contributed by atoms with E-state index in [0.717, 1.165) is 18.7 Å². The number of benzene rings is 1. The molecule has 1 aliphatic rings. The van der Waals surface area contributed by atoms with Gasteiger partial charge in [0.25, 0.3) is 11.6 Å². The number of hydrogen-bond acceptors (Lipinski definition) is 5. The van der Waals surface area contributed by atoms with Gasteiger partial charge in [-0.1, -0.05) is 12.1 Å². The second kappa shape index (κ2) is 5.51. The first-order valence-corrected chi connectivity index (χ1v) is 6.93. The number of nitro groups is 1. The lowest BCUT2D eigenvalue weighted by Gasteiger charge is -2.08. The minimum absolute atomic E-state index is 0.0544. The van der Waals surface area contributed by atoms with Gasteiger partial charge in [-0.3, -0.25) is 14.9 Å². The fourth-order valence-electron chi connectivity index (χ4n) is 2.25. The van der Waals surface area contributed by atoms with E-state index in [1.54, 1.807) is 19.1 Å². The fourth-order valence-corrected chi connectivity index (χ4v) is 2.25. The van der Waals surface area contributed by atoms with Crippen LogP contribution in [-0.2, 0) is 0 Å². The summed E-state index contributed by atoms with van der Waals surface area (Å²) in [6, 6.07) is 4.53. The first-order chi connectivity index (χ1) is 10.6. The Kier molecular flexibility index (Phi) is 3.54. The smallest absolute Gasteiger partial charge is 0.282 e. The number of aromatic nitrogens is 2. The zero-order valence-electron chi connectivity index (χ0n) is 11.9. The third-order valence-electron chi connectivity index (χ3n) is 3.55. The van der Waals surface area contributed by atoms with Gasteiger partial charge in [-0.2, -0.15) is 0 Å². The van der Waals surface area contributed by atoms with Crippen molar-refractivity contribution in [3.8, 4) is 0 Å². The number of anilines is 1. The summed E-state index contributed by atoms with van der Waals surface area (Å²) in [7, 11) is 0. The first-order valence-electron chi connectivity index (χ1n) is 6.93. The Labute approximate surface area is 126 Å². The van der Waals surface area contributed by atoms with Crippen LogP contribution in [0.5, 0.6) is 0 Å². The van der Waals surface area contributed by atoms with Crippen LogP contribution in [0.3, 0.4) is 0 Å². The summed E-state index contributed by atoms with van der Waals surface area (Å²) < 4.78 is 0. The van der Waals surface area contributed by atoms with E-state index in [1.165, 1.54) is 18.5 Å². The van der Waals surface area contributed by atoms with Crippen LogP contribution in [0, 0.1) is 17.0 Å². The van der Waals surface area contributed by atoms with Crippen LogP contribution in [0.1, 0.15) is 40.5 Å². The SMILES string of the molecule is Cc1cccc([N+](=O)[O-])c1C(=O)Nc1cnc(C2CC2)nc1. The molecule has 0 radical (unpaired) electrons. The molecule has 3 rings (SSSR count). The van der Waals surface area contributed by atoms with Crippen LogP contribution in [0.25, 0.3) is 0 Å². The van der Waals surface area contributed by atoms with Gasteiger partial charge in [0.1, 0.15) is 11.4 Å². The third-order valence-corrected chi connectivity index (χ3v) is 3.55. The average Bonchev–Trinajstić information content (AvgIpc) is 3.32. The molecule has 0 bridgehead atoms. The molecule has 7 heteroatoms. The van der Waals surface area contributed by atoms with Crippen LogP contribution >= 0.6 is 0 Å². The van der Waals surface area contributed by atoms with Gasteiger partial charge in [0, 0.05) is 12.0 Å². The van der Waals surface area contributed by atoms with Crippen LogP contribution in [0.2, 0.25) is 0 Å². The Hall–Kier alpha value is -2.83. The van der Waals surface area contributed by atoms with Crippen molar-refractivity contribution in [3.63, 3.8) is 0 Å². The maximum absolute atomic E-state index is 12.3. The Morgan fingerprint density at radius 3 is 2.59 bits per heavy atom. The molecule has 7 nitrogen and oxygen atoms in total. The molecule has 1 fully saturated rings. The molecule has 1 aromatic heterocycles. The molecule has 1 heterocycles. The standard InChI is InChI=1S/C15H14N4O3/c1-9-3-2-4-12(19(21)22)13(9)15(20)18-11-7-16-14(17-8-11)10-5-6-10/h2-4,7-8,10H,5-6H2,1H3,(H,18,20). The lowest BCUT2D eigenvalue weighted by molar-refractivity contribution is -0.385. The van der Waals surface area contributed by atoms with E-state index in [4.69, 9.17) is 0 Å². The summed E-state index contributed by atoms with van der Waals surface area (Å²) >= 11 is 0. The van der Waals surface area contributed by atoms with Crippen molar-refractivity contribution in [2.75, 3.05) is 5.32 Å². The number of carbonyl (C=O) groups is 1. The van der Waals surface area contributed by atoms with E-state index in [2.05, 4.69) is 15.3 Å². The number of amides is 1. The Balaban J connectivity index is 1.83. The topological polar surface area (TPSA) is 98.0 Å². The van der Waals surface area contributed by atoms with Gasteiger partial charge in [-0.15, -0.1) is 0 Å². The molecular weight excluding hydrogens is 284 g/mol. The van der Waals surface area contributed by atoms with Crippen molar-refractivity contribution in [2.45, 2.75) is 25.7 Å². The van der Waals surface area contributed by atoms with Crippen molar-refractivity contribution < 1.29 is 9.72 Å². The van der Waals surface area contributed by atoms with E-state index < -0.39 is 10.8 Å². The van der Waals surface area contributed by atoms with E-state index in [0.29, 0.717) is 17.2 Å². The maximum Gasteiger partial charge on any atom is 0.282 e. The maximum atomic E-state index is 12.3. The van der Waals surface area contributed by atoms with Gasteiger partial charge in [-0.25, -0.2) is 9.97 Å². The van der Waals surface area contributed by atoms with Crippen molar-refractivity contribution >= 4 is 17.3 Å². The van der Waals surface area contributed by atoms with Gasteiger partial charge in [0.05, 0.1) is 23.0 Å². The highest BCUT2D eigenvalue weighted by molar-refractivity contribution is 6.07. The molecule has 0 unspecified atom stereocenters. The summed E-state index contributed by atoms with van der Waals surface area (Å²) in [4.78, 5) is 31.2. The van der Waals surface area contributed by atoms with E-state index >= 15 is 0 Å². The van der Waals surface area contributed by atoms with E-state index in [-0.39, 0.29) is 11.3 Å².